The highest BCUT2D eigenvalue weighted by atomic mass is 16.4. The summed E-state index contributed by atoms with van der Waals surface area (Å²) in [5, 5.41) is 14.3. The van der Waals surface area contributed by atoms with Crippen LogP contribution in [0.1, 0.15) is 50.3 Å². The zero-order valence-corrected chi connectivity index (χ0v) is 15.2. The molecule has 2 aromatic rings. The number of fused-ring (bicyclic) bond motifs is 1. The van der Waals surface area contributed by atoms with Gasteiger partial charge in [0.2, 0.25) is 0 Å². The van der Waals surface area contributed by atoms with Crippen LogP contribution < -0.4 is 5.32 Å². The average Bonchev–Trinajstić information content (AvgIpc) is 2.67. The van der Waals surface area contributed by atoms with Crippen molar-refractivity contribution in [3.8, 4) is 0 Å². The Labute approximate surface area is 153 Å². The maximum atomic E-state index is 12.3. The van der Waals surface area contributed by atoms with Crippen LogP contribution in [0, 0.1) is 5.92 Å². The van der Waals surface area contributed by atoms with E-state index in [1.165, 1.54) is 18.3 Å². The zero-order chi connectivity index (χ0) is 18.1. The van der Waals surface area contributed by atoms with Crippen LogP contribution in [-0.4, -0.2) is 34.1 Å². The Morgan fingerprint density at radius 2 is 2.19 bits per heavy atom. The molecule has 0 saturated carbocycles. The van der Waals surface area contributed by atoms with Crippen molar-refractivity contribution < 1.29 is 9.90 Å². The number of carboxylic acids is 1. The van der Waals surface area contributed by atoms with Gasteiger partial charge in [0.05, 0.1) is 11.2 Å². The minimum Gasteiger partial charge on any atom is -0.480 e. The van der Waals surface area contributed by atoms with Gasteiger partial charge in [-0.25, -0.2) is 9.97 Å². The van der Waals surface area contributed by atoms with E-state index < -0.39 is 11.4 Å². The van der Waals surface area contributed by atoms with Gasteiger partial charge in [-0.1, -0.05) is 25.1 Å². The number of hydrogen-bond donors (Lipinski definition) is 2. The molecule has 0 spiro atoms. The van der Waals surface area contributed by atoms with Crippen molar-refractivity contribution in [2.24, 2.45) is 5.92 Å². The lowest BCUT2D eigenvalue weighted by atomic mass is 9.75. The minimum atomic E-state index is -0.990. The van der Waals surface area contributed by atoms with Crippen LogP contribution >= 0.6 is 0 Å². The SMILES string of the molecule is C[C@H]1C=C(c2cccc3ncnc(C4(C(=O)O)CCCNC4)c23)CCC1. The van der Waals surface area contributed by atoms with E-state index in [-0.39, 0.29) is 0 Å². The molecule has 1 aromatic carbocycles. The van der Waals surface area contributed by atoms with Gasteiger partial charge in [0.25, 0.3) is 0 Å². The van der Waals surface area contributed by atoms with Gasteiger partial charge in [-0.3, -0.25) is 4.79 Å². The van der Waals surface area contributed by atoms with Gasteiger partial charge in [-0.05, 0) is 61.8 Å². The fourth-order valence-corrected chi connectivity index (χ4v) is 4.48. The summed E-state index contributed by atoms with van der Waals surface area (Å²) in [4.78, 5) is 21.3. The third-order valence-corrected chi connectivity index (χ3v) is 5.85. The third kappa shape index (κ3) is 2.80. The molecule has 2 atom stereocenters. The van der Waals surface area contributed by atoms with E-state index in [2.05, 4.69) is 34.4 Å². The van der Waals surface area contributed by atoms with E-state index >= 15 is 0 Å². The van der Waals surface area contributed by atoms with E-state index in [9.17, 15) is 9.90 Å². The predicted octanol–water partition coefficient (Wildman–Crippen LogP) is 3.54. The van der Waals surface area contributed by atoms with E-state index in [1.807, 2.05) is 12.1 Å². The zero-order valence-electron chi connectivity index (χ0n) is 15.2. The van der Waals surface area contributed by atoms with Gasteiger partial charge in [-0.15, -0.1) is 0 Å². The molecule has 2 aliphatic rings. The van der Waals surface area contributed by atoms with Crippen molar-refractivity contribution in [1.29, 1.82) is 0 Å². The monoisotopic (exact) mass is 351 g/mol. The lowest BCUT2D eigenvalue weighted by molar-refractivity contribution is -0.144. The molecule has 2 N–H and O–H groups in total. The Balaban J connectivity index is 1.97. The number of hydrogen-bond acceptors (Lipinski definition) is 4. The highest BCUT2D eigenvalue weighted by Crippen LogP contribution is 2.39. The van der Waals surface area contributed by atoms with Gasteiger partial charge >= 0.3 is 5.97 Å². The summed E-state index contributed by atoms with van der Waals surface area (Å²) < 4.78 is 0. The van der Waals surface area contributed by atoms with Crippen molar-refractivity contribution in [3.05, 3.63) is 41.9 Å². The highest BCUT2D eigenvalue weighted by Gasteiger charge is 2.44. The Morgan fingerprint density at radius 3 is 2.92 bits per heavy atom. The second kappa shape index (κ2) is 6.80. The summed E-state index contributed by atoms with van der Waals surface area (Å²) in [6.07, 6.45) is 8.68. The second-order valence-corrected chi connectivity index (χ2v) is 7.65. The summed E-state index contributed by atoms with van der Waals surface area (Å²) in [7, 11) is 0. The number of rotatable bonds is 3. The fourth-order valence-electron chi connectivity index (χ4n) is 4.48. The molecule has 0 bridgehead atoms. The molecular formula is C21H25N3O2. The normalized spacial score (nSPS) is 26.5. The van der Waals surface area contributed by atoms with Gasteiger partial charge in [-0.2, -0.15) is 0 Å². The van der Waals surface area contributed by atoms with E-state index in [0.717, 1.165) is 42.3 Å². The number of allylic oxidation sites excluding steroid dienone is 2. The minimum absolute atomic E-state index is 0.415. The Hall–Kier alpha value is -2.27. The first-order chi connectivity index (χ1) is 12.6. The van der Waals surface area contributed by atoms with Crippen molar-refractivity contribution in [1.82, 2.24) is 15.3 Å². The largest absolute Gasteiger partial charge is 0.480 e. The number of aliphatic carboxylic acids is 1. The summed E-state index contributed by atoms with van der Waals surface area (Å²) >= 11 is 0. The number of piperidine rings is 1. The molecule has 5 heteroatoms. The van der Waals surface area contributed by atoms with Crippen LogP contribution in [0.5, 0.6) is 0 Å². The van der Waals surface area contributed by atoms with Crippen molar-refractivity contribution in [2.45, 2.75) is 44.4 Å². The van der Waals surface area contributed by atoms with Gasteiger partial charge < -0.3 is 10.4 Å². The Kier molecular flexibility index (Phi) is 4.49. The smallest absolute Gasteiger partial charge is 0.317 e. The number of aromatic nitrogens is 2. The molecule has 4 rings (SSSR count). The maximum Gasteiger partial charge on any atom is 0.317 e. The fraction of sp³-hybridized carbons (Fsp3) is 0.476. The molecule has 0 radical (unpaired) electrons. The maximum absolute atomic E-state index is 12.3. The van der Waals surface area contributed by atoms with Gasteiger partial charge in [0.1, 0.15) is 11.7 Å². The molecule has 1 aliphatic heterocycles. The van der Waals surface area contributed by atoms with Crippen LogP contribution in [0.2, 0.25) is 0 Å². The quantitative estimate of drug-likeness (QED) is 0.885. The van der Waals surface area contributed by atoms with Crippen LogP contribution in [-0.2, 0) is 10.2 Å². The van der Waals surface area contributed by atoms with Crippen molar-refractivity contribution >= 4 is 22.4 Å². The molecular weight excluding hydrogens is 326 g/mol. The first-order valence-corrected chi connectivity index (χ1v) is 9.51. The second-order valence-electron chi connectivity index (χ2n) is 7.65. The lowest BCUT2D eigenvalue weighted by Crippen LogP contribution is -2.49. The molecule has 1 aromatic heterocycles. The van der Waals surface area contributed by atoms with Gasteiger partial charge in [0.15, 0.2) is 0 Å². The van der Waals surface area contributed by atoms with Crippen LogP contribution in [0.3, 0.4) is 0 Å². The van der Waals surface area contributed by atoms with E-state index in [4.69, 9.17) is 0 Å². The van der Waals surface area contributed by atoms with E-state index in [0.29, 0.717) is 24.6 Å². The molecule has 0 amide bonds. The van der Waals surface area contributed by atoms with E-state index in [1.54, 1.807) is 0 Å². The summed E-state index contributed by atoms with van der Waals surface area (Å²) in [5.41, 5.74) is 2.91. The average molecular weight is 351 g/mol. The lowest BCUT2D eigenvalue weighted by Gasteiger charge is -2.34. The first-order valence-electron chi connectivity index (χ1n) is 9.51. The molecule has 1 fully saturated rings. The Bertz CT molecular complexity index is 863. The first kappa shape index (κ1) is 17.2. The molecule has 1 unspecified atom stereocenters. The number of nitrogens with one attached hydrogen (secondary N) is 1. The molecule has 26 heavy (non-hydrogen) atoms. The molecule has 136 valence electrons. The summed E-state index contributed by atoms with van der Waals surface area (Å²) in [6.45, 7) is 3.51. The molecule has 2 heterocycles. The number of carbonyl (C=O) groups is 1. The highest BCUT2D eigenvalue weighted by molar-refractivity contribution is 5.97. The van der Waals surface area contributed by atoms with Crippen molar-refractivity contribution in [3.63, 3.8) is 0 Å². The topological polar surface area (TPSA) is 75.1 Å². The van der Waals surface area contributed by atoms with Gasteiger partial charge in [0, 0.05) is 11.9 Å². The number of carboxylic acid groups (broad SMARTS) is 1. The van der Waals surface area contributed by atoms with Crippen LogP contribution in [0.4, 0.5) is 0 Å². The molecule has 1 aliphatic carbocycles. The molecule has 1 saturated heterocycles. The standard InChI is InChI=1S/C21H25N3O2/c1-14-5-2-6-15(11-14)16-7-3-8-17-18(16)19(24-13-23-17)21(20(25)26)9-4-10-22-12-21/h3,7-8,11,13-14,22H,2,4-6,9-10,12H2,1H3,(H,25,26)/t14-,21?/m1/s1. The van der Waals surface area contributed by atoms with Crippen LogP contribution in [0.15, 0.2) is 30.6 Å². The summed E-state index contributed by atoms with van der Waals surface area (Å²) in [5.74, 6) is -0.252. The van der Waals surface area contributed by atoms with Crippen LogP contribution in [0.25, 0.3) is 16.5 Å². The molecule has 5 nitrogen and oxygen atoms in total. The number of benzene rings is 1. The predicted molar refractivity (Wildman–Crippen MR) is 102 cm³/mol. The number of nitrogens with zero attached hydrogens (tertiary/aromatic N) is 2. The Morgan fingerprint density at radius 1 is 1.31 bits per heavy atom. The van der Waals surface area contributed by atoms with Crippen molar-refractivity contribution in [2.75, 3.05) is 13.1 Å². The summed E-state index contributed by atoms with van der Waals surface area (Å²) in [6, 6.07) is 6.08. The third-order valence-electron chi connectivity index (χ3n) is 5.85.